The van der Waals surface area contributed by atoms with Gasteiger partial charge in [-0.15, -0.1) is 11.3 Å². The van der Waals surface area contributed by atoms with Gasteiger partial charge < -0.3 is 0 Å². The molecule has 0 bridgehead atoms. The molecule has 1 fully saturated rings. The van der Waals surface area contributed by atoms with Crippen LogP contribution in [0, 0.1) is 12.8 Å². The summed E-state index contributed by atoms with van der Waals surface area (Å²) in [6.45, 7) is 1.81. The molecule has 5 heterocycles. The number of aryl methyl sites for hydroxylation is 2. The maximum atomic E-state index is 14.2. The van der Waals surface area contributed by atoms with Crippen LogP contribution in [0.25, 0.3) is 21.6 Å². The zero-order valence-electron chi connectivity index (χ0n) is 18.5. The summed E-state index contributed by atoms with van der Waals surface area (Å²) in [4.78, 5) is 21.4. The van der Waals surface area contributed by atoms with Crippen LogP contribution in [0.3, 0.4) is 0 Å². The van der Waals surface area contributed by atoms with Crippen LogP contribution >= 0.6 is 11.3 Å². The van der Waals surface area contributed by atoms with Crippen LogP contribution in [0.4, 0.5) is 19.0 Å². The summed E-state index contributed by atoms with van der Waals surface area (Å²) >= 11 is 1.51. The number of pyridine rings is 1. The minimum Gasteiger partial charge on any atom is -0.289 e. The van der Waals surface area contributed by atoms with Crippen LogP contribution in [-0.2, 0) is 7.05 Å². The van der Waals surface area contributed by atoms with Crippen molar-refractivity contribution < 1.29 is 18.0 Å². The molecule has 1 aliphatic carbocycles. The molecule has 1 aliphatic heterocycles. The molecule has 176 valence electrons. The molecule has 1 saturated carbocycles. The summed E-state index contributed by atoms with van der Waals surface area (Å²) in [6, 6.07) is 4.78. The first-order valence-corrected chi connectivity index (χ1v) is 11.9. The summed E-state index contributed by atoms with van der Waals surface area (Å²) in [5, 5.41) is 11.0. The molecule has 0 radical (unpaired) electrons. The SMILES string of the molecule is Cc1nn(C)c2nc(-c3cccs3)cc(C(=O)N3c4ccnn4[C@H](C(F)(F)F)C[C@@H]3C3CC3)c12. The lowest BCUT2D eigenvalue weighted by atomic mass is 9.96. The smallest absolute Gasteiger partial charge is 0.289 e. The summed E-state index contributed by atoms with van der Waals surface area (Å²) in [5.74, 6) is -0.123. The number of amides is 1. The molecule has 34 heavy (non-hydrogen) atoms. The summed E-state index contributed by atoms with van der Waals surface area (Å²) in [6.07, 6.45) is -1.69. The van der Waals surface area contributed by atoms with Crippen molar-refractivity contribution >= 4 is 34.1 Å². The standard InChI is InChI=1S/C23H21F3N6OS/c1-12-20-14(10-15(17-4-3-9-34-17)28-21(20)30(2)29-12)22(33)31-16(13-5-6-13)11-18(23(24,25)26)32-19(31)7-8-27-32/h3-4,7-10,13,16,18H,5-6,11H2,1-2H3/t16-,18+/m1/s1. The molecule has 2 atom stereocenters. The quantitative estimate of drug-likeness (QED) is 0.402. The van der Waals surface area contributed by atoms with Gasteiger partial charge in [0.05, 0.1) is 33.4 Å². The van der Waals surface area contributed by atoms with E-state index in [1.807, 2.05) is 24.4 Å². The van der Waals surface area contributed by atoms with E-state index in [0.29, 0.717) is 28.0 Å². The van der Waals surface area contributed by atoms with Gasteiger partial charge in [-0.2, -0.15) is 23.4 Å². The van der Waals surface area contributed by atoms with Crippen molar-refractivity contribution in [3.05, 3.63) is 47.1 Å². The van der Waals surface area contributed by atoms with Crippen molar-refractivity contribution in [1.29, 1.82) is 0 Å². The summed E-state index contributed by atoms with van der Waals surface area (Å²) in [5.41, 5.74) is 2.24. The van der Waals surface area contributed by atoms with E-state index in [2.05, 4.69) is 10.2 Å². The molecule has 0 spiro atoms. The second kappa shape index (κ2) is 7.39. The second-order valence-electron chi connectivity index (χ2n) is 8.95. The number of aromatic nitrogens is 5. The van der Waals surface area contributed by atoms with Gasteiger partial charge in [0.1, 0.15) is 5.82 Å². The third kappa shape index (κ3) is 3.24. The number of anilines is 1. The van der Waals surface area contributed by atoms with E-state index in [9.17, 15) is 18.0 Å². The van der Waals surface area contributed by atoms with Crippen molar-refractivity contribution in [2.75, 3.05) is 4.90 Å². The van der Waals surface area contributed by atoms with Crippen LogP contribution in [0.15, 0.2) is 35.8 Å². The minimum atomic E-state index is -4.45. The topological polar surface area (TPSA) is 68.8 Å². The van der Waals surface area contributed by atoms with E-state index in [1.54, 1.807) is 17.8 Å². The number of hydrogen-bond acceptors (Lipinski definition) is 5. The van der Waals surface area contributed by atoms with Crippen molar-refractivity contribution in [3.63, 3.8) is 0 Å². The van der Waals surface area contributed by atoms with E-state index in [0.717, 1.165) is 22.4 Å². The summed E-state index contributed by atoms with van der Waals surface area (Å²) in [7, 11) is 1.77. The number of carbonyl (C=O) groups excluding carboxylic acids is 1. The number of halogens is 3. The van der Waals surface area contributed by atoms with Crippen molar-refractivity contribution in [3.8, 4) is 10.6 Å². The Kier molecular flexibility index (Phi) is 4.64. The predicted molar refractivity (Wildman–Crippen MR) is 122 cm³/mol. The molecule has 0 saturated heterocycles. The Labute approximate surface area is 196 Å². The molecule has 7 nitrogen and oxygen atoms in total. The maximum absolute atomic E-state index is 14.2. The van der Waals surface area contributed by atoms with Crippen LogP contribution in [0.1, 0.15) is 41.4 Å². The lowest BCUT2D eigenvalue weighted by molar-refractivity contribution is -0.174. The van der Waals surface area contributed by atoms with Crippen molar-refractivity contribution in [2.24, 2.45) is 13.0 Å². The van der Waals surface area contributed by atoms with Crippen molar-refractivity contribution in [2.45, 2.75) is 44.4 Å². The Bertz CT molecular complexity index is 1400. The van der Waals surface area contributed by atoms with E-state index in [-0.39, 0.29) is 24.1 Å². The minimum absolute atomic E-state index is 0.0431. The zero-order chi connectivity index (χ0) is 23.8. The zero-order valence-corrected chi connectivity index (χ0v) is 19.3. The van der Waals surface area contributed by atoms with Gasteiger partial charge in [-0.3, -0.25) is 14.4 Å². The van der Waals surface area contributed by atoms with Gasteiger partial charge >= 0.3 is 6.18 Å². The first kappa shape index (κ1) is 21.3. The third-order valence-electron chi connectivity index (χ3n) is 6.72. The number of rotatable bonds is 3. The average Bonchev–Trinajstić information content (AvgIpc) is 3.18. The molecule has 0 N–H and O–H groups in total. The Morgan fingerprint density at radius 1 is 1.24 bits per heavy atom. The Hall–Kier alpha value is -3.21. The molecule has 6 rings (SSSR count). The third-order valence-corrected chi connectivity index (χ3v) is 7.62. The first-order valence-electron chi connectivity index (χ1n) is 11.1. The first-order chi connectivity index (χ1) is 16.2. The highest BCUT2D eigenvalue weighted by atomic mass is 32.1. The number of hydrogen-bond donors (Lipinski definition) is 0. The normalized spacial score (nSPS) is 20.7. The van der Waals surface area contributed by atoms with E-state index in [1.165, 1.54) is 28.5 Å². The van der Waals surface area contributed by atoms with E-state index in [4.69, 9.17) is 4.98 Å². The second-order valence-corrected chi connectivity index (χ2v) is 9.89. The van der Waals surface area contributed by atoms with E-state index < -0.39 is 18.3 Å². The van der Waals surface area contributed by atoms with Crippen LogP contribution in [0.5, 0.6) is 0 Å². The van der Waals surface area contributed by atoms with Gasteiger partial charge in [0.2, 0.25) is 0 Å². The fourth-order valence-corrected chi connectivity index (χ4v) is 5.73. The number of nitrogens with zero attached hydrogens (tertiary/aromatic N) is 6. The molecule has 0 aromatic carbocycles. The Morgan fingerprint density at radius 2 is 2.03 bits per heavy atom. The highest BCUT2D eigenvalue weighted by Crippen LogP contribution is 2.48. The van der Waals surface area contributed by atoms with Gasteiger partial charge in [0.15, 0.2) is 11.7 Å². The number of carbonyl (C=O) groups is 1. The molecule has 11 heteroatoms. The lowest BCUT2D eigenvalue weighted by Gasteiger charge is -2.40. The number of alkyl halides is 3. The molecular formula is C23H21F3N6OS. The molecule has 0 unspecified atom stereocenters. The van der Waals surface area contributed by atoms with Gasteiger partial charge in [0, 0.05) is 19.2 Å². The van der Waals surface area contributed by atoms with E-state index >= 15 is 0 Å². The molecule has 1 amide bonds. The van der Waals surface area contributed by atoms with Crippen LogP contribution in [-0.4, -0.2) is 42.7 Å². The Balaban J connectivity index is 1.54. The lowest BCUT2D eigenvalue weighted by Crippen LogP contribution is -2.50. The average molecular weight is 487 g/mol. The van der Waals surface area contributed by atoms with Crippen LogP contribution < -0.4 is 4.90 Å². The van der Waals surface area contributed by atoms with Gasteiger partial charge in [0.25, 0.3) is 5.91 Å². The molecule has 4 aromatic heterocycles. The fourth-order valence-electron chi connectivity index (χ4n) is 5.05. The number of fused-ring (bicyclic) bond motifs is 2. The molecular weight excluding hydrogens is 465 g/mol. The Morgan fingerprint density at radius 3 is 2.71 bits per heavy atom. The van der Waals surface area contributed by atoms with Gasteiger partial charge in [-0.05, 0) is 49.6 Å². The molecule has 2 aliphatic rings. The number of thiophene rings is 1. The maximum Gasteiger partial charge on any atom is 0.410 e. The highest BCUT2D eigenvalue weighted by molar-refractivity contribution is 7.13. The largest absolute Gasteiger partial charge is 0.410 e. The highest BCUT2D eigenvalue weighted by Gasteiger charge is 2.52. The van der Waals surface area contributed by atoms with Gasteiger partial charge in [-0.1, -0.05) is 6.07 Å². The monoisotopic (exact) mass is 486 g/mol. The van der Waals surface area contributed by atoms with Gasteiger partial charge in [-0.25, -0.2) is 9.67 Å². The molecule has 4 aromatic rings. The van der Waals surface area contributed by atoms with Crippen LogP contribution in [0.2, 0.25) is 0 Å². The predicted octanol–water partition coefficient (Wildman–Crippen LogP) is 5.13. The fraction of sp³-hybridized carbons (Fsp3) is 0.391. The van der Waals surface area contributed by atoms with Crippen molar-refractivity contribution in [1.82, 2.24) is 24.5 Å². The summed E-state index contributed by atoms with van der Waals surface area (Å²) < 4.78 is 44.3.